The average molecular weight is 298 g/mol. The van der Waals surface area contributed by atoms with Gasteiger partial charge in [-0.2, -0.15) is 0 Å². The van der Waals surface area contributed by atoms with Crippen molar-refractivity contribution in [3.63, 3.8) is 0 Å². The summed E-state index contributed by atoms with van der Waals surface area (Å²) in [6.07, 6.45) is 7.22. The Labute approximate surface area is 131 Å². The normalized spacial score (nSPS) is 17.6. The largest absolute Gasteiger partial charge is 0.497 e. The number of hydrogen-bond acceptors (Lipinski definition) is 4. The molecule has 1 aliphatic heterocycles. The van der Waals surface area contributed by atoms with Crippen molar-refractivity contribution >= 4 is 5.88 Å². The first-order chi connectivity index (χ1) is 10.9. The zero-order valence-corrected chi connectivity index (χ0v) is 13.1. The molecule has 0 radical (unpaired) electrons. The van der Waals surface area contributed by atoms with Gasteiger partial charge in [0.25, 0.3) is 0 Å². The number of ether oxygens (including phenoxy) is 1. The van der Waals surface area contributed by atoms with Crippen LogP contribution in [0.5, 0.6) is 5.75 Å². The van der Waals surface area contributed by atoms with Crippen LogP contribution >= 0.6 is 0 Å². The molecule has 0 bridgehead atoms. The van der Waals surface area contributed by atoms with E-state index in [9.17, 15) is 0 Å². The molecular formula is C18H22N2O2. The fourth-order valence-corrected chi connectivity index (χ4v) is 3.64. The number of rotatable bonds is 2. The molecule has 1 saturated heterocycles. The SMILES string of the molecule is COc1ccc2c(c1)-c1noc(N3CCCCCC3)c1CC2. The van der Waals surface area contributed by atoms with Gasteiger partial charge in [0.2, 0.25) is 5.88 Å². The first-order valence-corrected chi connectivity index (χ1v) is 8.27. The van der Waals surface area contributed by atoms with Gasteiger partial charge in [-0.15, -0.1) is 0 Å². The van der Waals surface area contributed by atoms with Gasteiger partial charge in [0, 0.05) is 24.2 Å². The van der Waals surface area contributed by atoms with Gasteiger partial charge in [-0.05, 0) is 43.4 Å². The highest BCUT2D eigenvalue weighted by Crippen LogP contribution is 2.40. The third-order valence-corrected chi connectivity index (χ3v) is 4.88. The molecule has 2 aromatic rings. The molecule has 1 aromatic heterocycles. The lowest BCUT2D eigenvalue weighted by Crippen LogP contribution is -2.24. The molecule has 2 aliphatic rings. The maximum Gasteiger partial charge on any atom is 0.231 e. The van der Waals surface area contributed by atoms with Gasteiger partial charge in [0.15, 0.2) is 0 Å². The molecule has 0 atom stereocenters. The van der Waals surface area contributed by atoms with Crippen LogP contribution in [-0.4, -0.2) is 25.4 Å². The molecule has 116 valence electrons. The second-order valence-corrected chi connectivity index (χ2v) is 6.24. The van der Waals surface area contributed by atoms with Crippen LogP contribution in [-0.2, 0) is 12.8 Å². The molecule has 2 heterocycles. The van der Waals surface area contributed by atoms with Crippen LogP contribution in [0.15, 0.2) is 22.7 Å². The Morgan fingerprint density at radius 1 is 1.09 bits per heavy atom. The number of anilines is 1. The van der Waals surface area contributed by atoms with Crippen LogP contribution in [0.1, 0.15) is 36.8 Å². The smallest absolute Gasteiger partial charge is 0.231 e. The lowest BCUT2D eigenvalue weighted by molar-refractivity contribution is 0.413. The van der Waals surface area contributed by atoms with E-state index in [1.54, 1.807) is 7.11 Å². The number of aryl methyl sites for hydroxylation is 1. The first-order valence-electron chi connectivity index (χ1n) is 8.27. The van der Waals surface area contributed by atoms with Gasteiger partial charge in [0.1, 0.15) is 11.4 Å². The van der Waals surface area contributed by atoms with Crippen molar-refractivity contribution in [3.05, 3.63) is 29.3 Å². The third kappa shape index (κ3) is 2.27. The molecule has 0 amide bonds. The maximum atomic E-state index is 5.78. The summed E-state index contributed by atoms with van der Waals surface area (Å²) in [6.45, 7) is 2.18. The van der Waals surface area contributed by atoms with Crippen molar-refractivity contribution in [1.29, 1.82) is 0 Å². The van der Waals surface area contributed by atoms with E-state index in [0.29, 0.717) is 0 Å². The molecule has 0 unspecified atom stereocenters. The highest BCUT2D eigenvalue weighted by molar-refractivity contribution is 5.74. The summed E-state index contributed by atoms with van der Waals surface area (Å²) in [6, 6.07) is 6.26. The van der Waals surface area contributed by atoms with Gasteiger partial charge in [-0.3, -0.25) is 0 Å². The predicted octanol–water partition coefficient (Wildman–Crippen LogP) is 3.83. The zero-order valence-electron chi connectivity index (χ0n) is 13.1. The number of hydrogen-bond donors (Lipinski definition) is 0. The van der Waals surface area contributed by atoms with E-state index in [0.717, 1.165) is 43.3 Å². The minimum atomic E-state index is 0.880. The Morgan fingerprint density at radius 2 is 1.91 bits per heavy atom. The predicted molar refractivity (Wildman–Crippen MR) is 86.6 cm³/mol. The molecule has 0 spiro atoms. The van der Waals surface area contributed by atoms with Gasteiger partial charge in [0.05, 0.1) is 7.11 Å². The molecule has 0 saturated carbocycles. The minimum Gasteiger partial charge on any atom is -0.497 e. The van der Waals surface area contributed by atoms with Crippen LogP contribution in [0.25, 0.3) is 11.3 Å². The molecule has 0 N–H and O–H groups in total. The summed E-state index contributed by atoms with van der Waals surface area (Å²) in [7, 11) is 1.71. The highest BCUT2D eigenvalue weighted by atomic mass is 16.5. The minimum absolute atomic E-state index is 0.880. The fourth-order valence-electron chi connectivity index (χ4n) is 3.64. The van der Waals surface area contributed by atoms with Crippen molar-refractivity contribution in [2.24, 2.45) is 0 Å². The summed E-state index contributed by atoms with van der Waals surface area (Å²) < 4.78 is 11.1. The van der Waals surface area contributed by atoms with E-state index < -0.39 is 0 Å². The Bertz CT molecular complexity index is 670. The van der Waals surface area contributed by atoms with E-state index in [-0.39, 0.29) is 0 Å². The number of nitrogens with zero attached hydrogens (tertiary/aromatic N) is 2. The van der Waals surface area contributed by atoms with E-state index in [1.807, 2.05) is 6.07 Å². The molecule has 4 heteroatoms. The van der Waals surface area contributed by atoms with Crippen LogP contribution in [0.2, 0.25) is 0 Å². The van der Waals surface area contributed by atoms with Crippen LogP contribution in [0, 0.1) is 0 Å². The van der Waals surface area contributed by atoms with Gasteiger partial charge < -0.3 is 14.2 Å². The van der Waals surface area contributed by atoms with Crippen molar-refractivity contribution in [2.75, 3.05) is 25.1 Å². The Morgan fingerprint density at radius 3 is 2.68 bits per heavy atom. The second kappa shape index (κ2) is 5.67. The molecule has 1 fully saturated rings. The Balaban J connectivity index is 1.73. The van der Waals surface area contributed by atoms with Crippen molar-refractivity contribution in [2.45, 2.75) is 38.5 Å². The van der Waals surface area contributed by atoms with Crippen LogP contribution in [0.4, 0.5) is 5.88 Å². The maximum absolute atomic E-state index is 5.78. The number of aromatic nitrogens is 1. The highest BCUT2D eigenvalue weighted by Gasteiger charge is 2.27. The van der Waals surface area contributed by atoms with E-state index in [1.165, 1.54) is 42.4 Å². The van der Waals surface area contributed by atoms with Gasteiger partial charge >= 0.3 is 0 Å². The van der Waals surface area contributed by atoms with Crippen molar-refractivity contribution in [3.8, 4) is 17.0 Å². The second-order valence-electron chi connectivity index (χ2n) is 6.24. The molecule has 4 nitrogen and oxygen atoms in total. The summed E-state index contributed by atoms with van der Waals surface area (Å²) in [4.78, 5) is 2.39. The average Bonchev–Trinajstić information content (AvgIpc) is 2.81. The summed E-state index contributed by atoms with van der Waals surface area (Å²) in [5.41, 5.74) is 4.80. The van der Waals surface area contributed by atoms with Gasteiger partial charge in [-0.1, -0.05) is 24.1 Å². The van der Waals surface area contributed by atoms with Gasteiger partial charge in [-0.25, -0.2) is 0 Å². The molecular weight excluding hydrogens is 276 g/mol. The summed E-state index contributed by atoms with van der Waals surface area (Å²) in [5, 5.41) is 4.41. The number of benzene rings is 1. The van der Waals surface area contributed by atoms with Crippen LogP contribution in [0.3, 0.4) is 0 Å². The third-order valence-electron chi connectivity index (χ3n) is 4.88. The summed E-state index contributed by atoms with van der Waals surface area (Å²) >= 11 is 0. The molecule has 4 rings (SSSR count). The number of fused-ring (bicyclic) bond motifs is 3. The van der Waals surface area contributed by atoms with Crippen molar-refractivity contribution < 1.29 is 9.26 Å². The zero-order chi connectivity index (χ0) is 14.9. The monoisotopic (exact) mass is 298 g/mol. The van der Waals surface area contributed by atoms with E-state index in [2.05, 4.69) is 22.2 Å². The quantitative estimate of drug-likeness (QED) is 0.844. The fraction of sp³-hybridized carbons (Fsp3) is 0.500. The van der Waals surface area contributed by atoms with Crippen molar-refractivity contribution in [1.82, 2.24) is 5.16 Å². The van der Waals surface area contributed by atoms with Crippen LogP contribution < -0.4 is 9.64 Å². The topological polar surface area (TPSA) is 38.5 Å². The Kier molecular flexibility index (Phi) is 3.53. The molecule has 22 heavy (non-hydrogen) atoms. The number of methoxy groups -OCH3 is 1. The summed E-state index contributed by atoms with van der Waals surface area (Å²) in [5.74, 6) is 1.89. The van der Waals surface area contributed by atoms with E-state index >= 15 is 0 Å². The molecule has 1 aliphatic carbocycles. The first kappa shape index (κ1) is 13.7. The van der Waals surface area contributed by atoms with E-state index in [4.69, 9.17) is 9.26 Å². The lowest BCUT2D eigenvalue weighted by atomic mass is 9.89. The lowest BCUT2D eigenvalue weighted by Gasteiger charge is -2.22. The molecule has 1 aromatic carbocycles. The Hall–Kier alpha value is -1.97. The standard InChI is InChI=1S/C18H22N2O2/c1-21-14-8-6-13-7-9-15-17(16(13)12-14)19-22-18(15)20-10-4-2-3-5-11-20/h6,8,12H,2-5,7,9-11H2,1H3.